The topological polar surface area (TPSA) is 58.7 Å². The van der Waals surface area contributed by atoms with Gasteiger partial charge in [-0.1, -0.05) is 19.1 Å². The van der Waals surface area contributed by atoms with Crippen molar-refractivity contribution in [3.05, 3.63) is 23.8 Å². The fourth-order valence-corrected chi connectivity index (χ4v) is 2.60. The highest BCUT2D eigenvalue weighted by molar-refractivity contribution is 5.45. The van der Waals surface area contributed by atoms with Gasteiger partial charge < -0.3 is 15.6 Å². The summed E-state index contributed by atoms with van der Waals surface area (Å²) in [5.74, 6) is 1.35. The lowest BCUT2D eigenvalue weighted by Gasteiger charge is -2.35. The van der Waals surface area contributed by atoms with E-state index >= 15 is 0 Å². The molecule has 2 unspecified atom stereocenters. The molecule has 3 N–H and O–H groups in total. The smallest absolute Gasteiger partial charge is 0.162 e. The van der Waals surface area contributed by atoms with E-state index in [0.717, 1.165) is 31.6 Å². The monoisotopic (exact) mass is 264 g/mol. The fraction of sp³-hybridized carbons (Fsp3) is 0.600. The van der Waals surface area contributed by atoms with Crippen LogP contribution in [0.3, 0.4) is 0 Å². The number of hydrogen-bond acceptors (Lipinski definition) is 4. The first-order chi connectivity index (χ1) is 9.11. The first kappa shape index (κ1) is 14.2. The van der Waals surface area contributed by atoms with E-state index < -0.39 is 0 Å². The van der Waals surface area contributed by atoms with Crippen LogP contribution in [0.4, 0.5) is 0 Å². The highest BCUT2D eigenvalue weighted by Gasteiger charge is 2.23. The number of nitrogens with two attached hydrogens (primary N) is 1. The van der Waals surface area contributed by atoms with Crippen LogP contribution >= 0.6 is 0 Å². The molecule has 1 aliphatic heterocycles. The summed E-state index contributed by atoms with van der Waals surface area (Å²) in [6.45, 7) is 7.40. The number of ether oxygens (including phenoxy) is 1. The zero-order chi connectivity index (χ0) is 13.8. The van der Waals surface area contributed by atoms with Gasteiger partial charge in [-0.2, -0.15) is 0 Å². The van der Waals surface area contributed by atoms with Crippen molar-refractivity contribution in [2.45, 2.75) is 32.9 Å². The second-order valence-electron chi connectivity index (χ2n) is 5.36. The highest BCUT2D eigenvalue weighted by atomic mass is 16.5. The Labute approximate surface area is 115 Å². The Hall–Kier alpha value is -1.26. The van der Waals surface area contributed by atoms with E-state index in [-0.39, 0.29) is 5.75 Å². The molecule has 4 heteroatoms. The maximum absolute atomic E-state index is 10.2. The first-order valence-electron chi connectivity index (χ1n) is 7.03. The molecule has 106 valence electrons. The van der Waals surface area contributed by atoms with Gasteiger partial charge in [0.05, 0.1) is 6.61 Å². The van der Waals surface area contributed by atoms with Gasteiger partial charge in [0.15, 0.2) is 11.5 Å². The molecule has 1 aromatic carbocycles. The van der Waals surface area contributed by atoms with Crippen LogP contribution < -0.4 is 10.5 Å². The molecule has 2 atom stereocenters. The third-order valence-electron chi connectivity index (χ3n) is 3.83. The average molecular weight is 264 g/mol. The Morgan fingerprint density at radius 3 is 2.95 bits per heavy atom. The third-order valence-corrected chi connectivity index (χ3v) is 3.83. The number of phenols is 1. The number of rotatable bonds is 4. The Morgan fingerprint density at radius 2 is 2.26 bits per heavy atom. The zero-order valence-electron chi connectivity index (χ0n) is 11.8. The lowest BCUT2D eigenvalue weighted by Crippen LogP contribution is -2.45. The van der Waals surface area contributed by atoms with Gasteiger partial charge in [-0.15, -0.1) is 0 Å². The van der Waals surface area contributed by atoms with Crippen molar-refractivity contribution in [3.63, 3.8) is 0 Å². The minimum absolute atomic E-state index is 0.270. The Balaban J connectivity index is 2.05. The molecule has 1 aromatic rings. The van der Waals surface area contributed by atoms with Gasteiger partial charge in [0.1, 0.15) is 0 Å². The first-order valence-corrected chi connectivity index (χ1v) is 7.03. The molecule has 1 saturated heterocycles. The van der Waals surface area contributed by atoms with Crippen molar-refractivity contribution in [2.75, 3.05) is 19.7 Å². The van der Waals surface area contributed by atoms with Crippen LogP contribution in [0.25, 0.3) is 0 Å². The number of piperidine rings is 1. The van der Waals surface area contributed by atoms with E-state index in [2.05, 4.69) is 11.8 Å². The number of nitrogens with zero attached hydrogens (tertiary/aromatic N) is 1. The summed E-state index contributed by atoms with van der Waals surface area (Å²) < 4.78 is 5.42. The maximum Gasteiger partial charge on any atom is 0.162 e. The number of likely N-dealkylation sites (tertiary alicyclic amines) is 1. The highest BCUT2D eigenvalue weighted by Crippen LogP contribution is 2.31. The number of benzene rings is 1. The van der Waals surface area contributed by atoms with Crippen molar-refractivity contribution in [2.24, 2.45) is 11.7 Å². The number of aromatic hydroxyl groups is 1. The van der Waals surface area contributed by atoms with E-state index in [1.807, 2.05) is 19.1 Å². The van der Waals surface area contributed by atoms with Gasteiger partial charge in [-0.25, -0.2) is 0 Å². The van der Waals surface area contributed by atoms with Crippen molar-refractivity contribution in [1.29, 1.82) is 0 Å². The Bertz CT molecular complexity index is 423. The van der Waals surface area contributed by atoms with Crippen LogP contribution in [0.2, 0.25) is 0 Å². The molecular formula is C15H24N2O2. The third kappa shape index (κ3) is 3.39. The van der Waals surface area contributed by atoms with E-state index in [0.29, 0.717) is 24.3 Å². The predicted molar refractivity (Wildman–Crippen MR) is 76.3 cm³/mol. The van der Waals surface area contributed by atoms with Gasteiger partial charge in [-0.3, -0.25) is 4.90 Å². The molecule has 1 aliphatic rings. The summed E-state index contributed by atoms with van der Waals surface area (Å²) in [4.78, 5) is 2.35. The largest absolute Gasteiger partial charge is 0.504 e. The van der Waals surface area contributed by atoms with Gasteiger partial charge >= 0.3 is 0 Å². The van der Waals surface area contributed by atoms with Crippen LogP contribution in [-0.4, -0.2) is 35.7 Å². The predicted octanol–water partition coefficient (Wildman–Crippen LogP) is 1.96. The van der Waals surface area contributed by atoms with Crippen molar-refractivity contribution < 1.29 is 9.84 Å². The van der Waals surface area contributed by atoms with Crippen LogP contribution in [0, 0.1) is 5.92 Å². The van der Waals surface area contributed by atoms with E-state index in [9.17, 15) is 5.11 Å². The molecule has 1 heterocycles. The molecule has 0 aliphatic carbocycles. The summed E-state index contributed by atoms with van der Waals surface area (Å²) >= 11 is 0. The van der Waals surface area contributed by atoms with Crippen molar-refractivity contribution in [3.8, 4) is 11.5 Å². The minimum Gasteiger partial charge on any atom is -0.504 e. The second-order valence-corrected chi connectivity index (χ2v) is 5.36. The average Bonchev–Trinajstić information content (AvgIpc) is 2.39. The normalized spacial score (nSPS) is 24.4. The van der Waals surface area contributed by atoms with Crippen LogP contribution in [-0.2, 0) is 6.54 Å². The molecule has 0 aromatic heterocycles. The van der Waals surface area contributed by atoms with Crippen molar-refractivity contribution >= 4 is 0 Å². The van der Waals surface area contributed by atoms with Gasteiger partial charge in [0.25, 0.3) is 0 Å². The lowest BCUT2D eigenvalue weighted by atomic mass is 9.94. The number of hydrogen-bond donors (Lipinski definition) is 2. The summed E-state index contributed by atoms with van der Waals surface area (Å²) in [5.41, 5.74) is 6.96. The number of para-hydroxylation sites is 1. The Morgan fingerprint density at radius 1 is 1.47 bits per heavy atom. The van der Waals surface area contributed by atoms with E-state index in [1.165, 1.54) is 0 Å². The van der Waals surface area contributed by atoms with Gasteiger partial charge in [-0.05, 0) is 31.9 Å². The SMILES string of the molecule is CCOc1cccc(CN2CCC(N)C(C)C2)c1O. The molecule has 0 bridgehead atoms. The second kappa shape index (κ2) is 6.26. The zero-order valence-corrected chi connectivity index (χ0v) is 11.8. The van der Waals surface area contributed by atoms with Crippen LogP contribution in [0.5, 0.6) is 11.5 Å². The molecule has 0 saturated carbocycles. The van der Waals surface area contributed by atoms with E-state index in [4.69, 9.17) is 10.5 Å². The standard InChI is InChI=1S/C15H24N2O2/c1-3-19-14-6-4-5-12(15(14)18)10-17-8-7-13(16)11(2)9-17/h4-6,11,13,18H,3,7-10,16H2,1-2H3. The van der Waals surface area contributed by atoms with E-state index in [1.54, 1.807) is 6.07 Å². The minimum atomic E-state index is 0.270. The van der Waals surface area contributed by atoms with Crippen LogP contribution in [0.15, 0.2) is 18.2 Å². The molecule has 0 amide bonds. The molecule has 4 nitrogen and oxygen atoms in total. The summed E-state index contributed by atoms with van der Waals surface area (Å²) in [5, 5.41) is 10.2. The van der Waals surface area contributed by atoms with Crippen LogP contribution in [0.1, 0.15) is 25.8 Å². The van der Waals surface area contributed by atoms with Gasteiger partial charge in [0, 0.05) is 24.7 Å². The van der Waals surface area contributed by atoms with Gasteiger partial charge in [0.2, 0.25) is 0 Å². The fourth-order valence-electron chi connectivity index (χ4n) is 2.60. The molecule has 2 rings (SSSR count). The summed E-state index contributed by atoms with van der Waals surface area (Å²) in [7, 11) is 0. The molecular weight excluding hydrogens is 240 g/mol. The summed E-state index contributed by atoms with van der Waals surface area (Å²) in [6, 6.07) is 5.99. The quantitative estimate of drug-likeness (QED) is 0.873. The maximum atomic E-state index is 10.2. The molecule has 0 spiro atoms. The number of phenolic OH excluding ortho intramolecular Hbond substituents is 1. The Kier molecular flexibility index (Phi) is 4.66. The summed E-state index contributed by atoms with van der Waals surface area (Å²) in [6.07, 6.45) is 1.02. The van der Waals surface area contributed by atoms with Crippen molar-refractivity contribution in [1.82, 2.24) is 4.90 Å². The molecule has 1 fully saturated rings. The molecule has 19 heavy (non-hydrogen) atoms. The lowest BCUT2D eigenvalue weighted by molar-refractivity contribution is 0.156. The molecule has 0 radical (unpaired) electrons.